The lowest BCUT2D eigenvalue weighted by Crippen LogP contribution is -2.41. The van der Waals surface area contributed by atoms with Gasteiger partial charge in [-0.3, -0.25) is 19.6 Å². The highest BCUT2D eigenvalue weighted by Crippen LogP contribution is 2.11. The van der Waals surface area contributed by atoms with Crippen molar-refractivity contribution >= 4 is 17.8 Å². The Kier molecular flexibility index (Phi) is 4.56. The van der Waals surface area contributed by atoms with E-state index in [1.165, 1.54) is 5.56 Å². The number of aromatic amines is 1. The molecule has 8 heteroatoms. The maximum Gasteiger partial charge on any atom is 0.325 e. The number of hydrogen-bond donors (Lipinski definition) is 3. The van der Waals surface area contributed by atoms with Gasteiger partial charge in [0.15, 0.2) is 0 Å². The molecule has 0 spiro atoms. The van der Waals surface area contributed by atoms with E-state index in [1.807, 2.05) is 13.8 Å². The lowest BCUT2D eigenvalue weighted by molar-refractivity contribution is -0.130. The molecule has 0 aromatic carbocycles. The van der Waals surface area contributed by atoms with E-state index in [0.717, 1.165) is 29.1 Å². The number of nitrogens with one attached hydrogen (secondary N) is 3. The first-order chi connectivity index (χ1) is 9.99. The summed E-state index contributed by atoms with van der Waals surface area (Å²) in [6.45, 7) is 4.13. The van der Waals surface area contributed by atoms with Gasteiger partial charge in [-0.25, -0.2) is 4.79 Å². The highest BCUT2D eigenvalue weighted by molar-refractivity contribution is 6.04. The minimum atomic E-state index is -0.514. The van der Waals surface area contributed by atoms with Gasteiger partial charge in [-0.15, -0.1) is 0 Å². The zero-order valence-corrected chi connectivity index (χ0v) is 12.2. The quantitative estimate of drug-likeness (QED) is 0.491. The SMILES string of the molecule is Cc1n[nH]c(C)c1CCCNC(=O)CN1C(=O)CNC1=O. The van der Waals surface area contributed by atoms with Gasteiger partial charge >= 0.3 is 6.03 Å². The first-order valence-electron chi connectivity index (χ1n) is 6.84. The Morgan fingerprint density at radius 2 is 2.14 bits per heavy atom. The minimum absolute atomic E-state index is 0.0366. The molecule has 1 aliphatic rings. The number of urea groups is 1. The molecule has 0 unspecified atom stereocenters. The molecule has 0 aliphatic carbocycles. The van der Waals surface area contributed by atoms with E-state index in [1.54, 1.807) is 0 Å². The summed E-state index contributed by atoms with van der Waals surface area (Å²) in [4.78, 5) is 35.2. The summed E-state index contributed by atoms with van der Waals surface area (Å²) in [5.41, 5.74) is 3.18. The molecule has 0 saturated carbocycles. The van der Waals surface area contributed by atoms with Crippen molar-refractivity contribution in [3.63, 3.8) is 0 Å². The first-order valence-corrected chi connectivity index (χ1v) is 6.84. The maximum absolute atomic E-state index is 11.7. The number of aromatic nitrogens is 2. The van der Waals surface area contributed by atoms with Crippen molar-refractivity contribution in [1.29, 1.82) is 0 Å². The Bertz CT molecular complexity index is 531. The van der Waals surface area contributed by atoms with Crippen LogP contribution in [0.4, 0.5) is 4.79 Å². The average molecular weight is 293 g/mol. The van der Waals surface area contributed by atoms with Gasteiger partial charge in [0.25, 0.3) is 5.91 Å². The molecule has 21 heavy (non-hydrogen) atoms. The Hall–Kier alpha value is -2.38. The Labute approximate surface area is 122 Å². The third kappa shape index (κ3) is 3.59. The van der Waals surface area contributed by atoms with Crippen molar-refractivity contribution < 1.29 is 14.4 Å². The molecule has 0 atom stereocenters. The maximum atomic E-state index is 11.7. The highest BCUT2D eigenvalue weighted by Gasteiger charge is 2.29. The fourth-order valence-corrected chi connectivity index (χ4v) is 2.25. The minimum Gasteiger partial charge on any atom is -0.355 e. The van der Waals surface area contributed by atoms with Gasteiger partial charge in [-0.05, 0) is 32.3 Å². The van der Waals surface area contributed by atoms with Crippen LogP contribution in [0, 0.1) is 13.8 Å². The Balaban J connectivity index is 1.70. The van der Waals surface area contributed by atoms with Crippen LogP contribution in [0.2, 0.25) is 0 Å². The summed E-state index contributed by atoms with van der Waals surface area (Å²) in [6.07, 6.45) is 1.59. The molecule has 4 amide bonds. The molecule has 8 nitrogen and oxygen atoms in total. The highest BCUT2D eigenvalue weighted by atomic mass is 16.2. The third-order valence-corrected chi connectivity index (χ3v) is 3.45. The summed E-state index contributed by atoms with van der Waals surface area (Å²) >= 11 is 0. The predicted molar refractivity (Wildman–Crippen MR) is 74.5 cm³/mol. The van der Waals surface area contributed by atoms with E-state index in [9.17, 15) is 14.4 Å². The zero-order valence-electron chi connectivity index (χ0n) is 12.2. The standard InChI is InChI=1S/C13H19N5O3/c1-8-10(9(2)17-16-8)4-3-5-14-11(19)7-18-12(20)6-15-13(18)21/h3-7H2,1-2H3,(H,14,19)(H,15,21)(H,16,17). The monoisotopic (exact) mass is 293 g/mol. The summed E-state index contributed by atoms with van der Waals surface area (Å²) in [6, 6.07) is -0.514. The number of H-pyrrole nitrogens is 1. The molecule has 2 rings (SSSR count). The third-order valence-electron chi connectivity index (χ3n) is 3.45. The van der Waals surface area contributed by atoms with Gasteiger partial charge in [0.1, 0.15) is 6.54 Å². The number of nitrogens with zero attached hydrogens (tertiary/aromatic N) is 2. The summed E-state index contributed by atoms with van der Waals surface area (Å²) in [5, 5.41) is 12.1. The summed E-state index contributed by atoms with van der Waals surface area (Å²) in [7, 11) is 0. The second-order valence-electron chi connectivity index (χ2n) is 5.00. The Morgan fingerprint density at radius 3 is 2.71 bits per heavy atom. The van der Waals surface area contributed by atoms with E-state index < -0.39 is 6.03 Å². The Morgan fingerprint density at radius 1 is 1.38 bits per heavy atom. The largest absolute Gasteiger partial charge is 0.355 e. The molecule has 1 fully saturated rings. The van der Waals surface area contributed by atoms with Crippen molar-refractivity contribution in [2.45, 2.75) is 26.7 Å². The number of hydrogen-bond acceptors (Lipinski definition) is 4. The molecule has 0 radical (unpaired) electrons. The van der Waals surface area contributed by atoms with Gasteiger partial charge in [0, 0.05) is 12.2 Å². The number of imide groups is 1. The van der Waals surface area contributed by atoms with E-state index in [2.05, 4.69) is 20.8 Å². The second-order valence-corrected chi connectivity index (χ2v) is 5.00. The number of carbonyl (C=O) groups excluding carboxylic acids is 3. The molecular weight excluding hydrogens is 274 g/mol. The number of rotatable bonds is 6. The van der Waals surface area contributed by atoms with Crippen molar-refractivity contribution in [3.05, 3.63) is 17.0 Å². The van der Waals surface area contributed by atoms with Gasteiger partial charge in [-0.1, -0.05) is 0 Å². The van der Waals surface area contributed by atoms with Crippen molar-refractivity contribution in [2.24, 2.45) is 0 Å². The lowest BCUT2D eigenvalue weighted by Gasteiger charge is -2.12. The summed E-state index contributed by atoms with van der Waals surface area (Å²) in [5.74, 6) is -0.708. The van der Waals surface area contributed by atoms with E-state index >= 15 is 0 Å². The van der Waals surface area contributed by atoms with Crippen LogP contribution in [0.25, 0.3) is 0 Å². The number of carbonyl (C=O) groups is 3. The molecule has 1 aromatic heterocycles. The van der Waals surface area contributed by atoms with Crippen LogP contribution in [-0.2, 0) is 16.0 Å². The van der Waals surface area contributed by atoms with Crippen LogP contribution in [0.15, 0.2) is 0 Å². The summed E-state index contributed by atoms with van der Waals surface area (Å²) < 4.78 is 0. The van der Waals surface area contributed by atoms with Crippen LogP contribution in [-0.4, -0.2) is 52.6 Å². The van der Waals surface area contributed by atoms with Gasteiger partial charge in [0.05, 0.1) is 12.2 Å². The van der Waals surface area contributed by atoms with Gasteiger partial charge in [0.2, 0.25) is 5.91 Å². The van der Waals surface area contributed by atoms with Crippen molar-refractivity contribution in [2.75, 3.05) is 19.6 Å². The van der Waals surface area contributed by atoms with Gasteiger partial charge in [-0.2, -0.15) is 5.10 Å². The van der Waals surface area contributed by atoms with E-state index in [4.69, 9.17) is 0 Å². The molecule has 3 N–H and O–H groups in total. The fourth-order valence-electron chi connectivity index (χ4n) is 2.25. The van der Waals surface area contributed by atoms with Crippen molar-refractivity contribution in [3.8, 4) is 0 Å². The fraction of sp³-hybridized carbons (Fsp3) is 0.538. The van der Waals surface area contributed by atoms with Crippen LogP contribution in [0.5, 0.6) is 0 Å². The lowest BCUT2D eigenvalue weighted by atomic mass is 10.1. The molecule has 1 saturated heterocycles. The average Bonchev–Trinajstić information content (AvgIpc) is 2.92. The first kappa shape index (κ1) is 15.0. The van der Waals surface area contributed by atoms with Crippen LogP contribution in [0.1, 0.15) is 23.4 Å². The molecule has 2 heterocycles. The molecular formula is C13H19N5O3. The molecule has 1 aliphatic heterocycles. The topological polar surface area (TPSA) is 107 Å². The predicted octanol–water partition coefficient (Wildman–Crippen LogP) is -0.373. The van der Waals surface area contributed by atoms with Crippen LogP contribution in [0.3, 0.4) is 0 Å². The molecule has 0 bridgehead atoms. The van der Waals surface area contributed by atoms with Crippen LogP contribution < -0.4 is 10.6 Å². The number of aryl methyl sites for hydroxylation is 2. The normalized spacial score (nSPS) is 14.5. The zero-order chi connectivity index (χ0) is 15.4. The molecule has 114 valence electrons. The van der Waals surface area contributed by atoms with E-state index in [-0.39, 0.29) is 24.9 Å². The number of amides is 4. The molecule has 1 aromatic rings. The van der Waals surface area contributed by atoms with E-state index in [0.29, 0.717) is 6.54 Å². The van der Waals surface area contributed by atoms with Gasteiger partial charge < -0.3 is 10.6 Å². The smallest absolute Gasteiger partial charge is 0.325 e. The van der Waals surface area contributed by atoms with Crippen molar-refractivity contribution in [1.82, 2.24) is 25.7 Å². The van der Waals surface area contributed by atoms with Crippen LogP contribution >= 0.6 is 0 Å². The second kappa shape index (κ2) is 6.38.